The van der Waals surface area contributed by atoms with E-state index < -0.39 is 0 Å². The highest BCUT2D eigenvalue weighted by Gasteiger charge is 1.93. The predicted molar refractivity (Wildman–Crippen MR) is 29.1 cm³/mol. The summed E-state index contributed by atoms with van der Waals surface area (Å²) in [4.78, 5) is 0. The topological polar surface area (TPSA) is 0 Å². The van der Waals surface area contributed by atoms with Crippen LogP contribution < -0.4 is 0 Å². The minimum atomic E-state index is -0.260. The molecule has 0 rings (SSSR count). The fourth-order valence-electron chi connectivity index (χ4n) is 0. The molecule has 0 saturated carbocycles. The minimum Gasteiger partial charge on any atom is -0.226 e. The Hall–Kier alpha value is 0.950. The van der Waals surface area contributed by atoms with Crippen molar-refractivity contribution in [2.24, 2.45) is 0 Å². The zero-order valence-electron chi connectivity index (χ0n) is 2.34. The Labute approximate surface area is 48.8 Å². The highest BCUT2D eigenvalue weighted by molar-refractivity contribution is 14.1. The van der Waals surface area contributed by atoms with Gasteiger partial charge in [0.05, 0.1) is 5.88 Å². The van der Waals surface area contributed by atoms with E-state index in [1.54, 1.807) is 0 Å². The third-order valence-corrected chi connectivity index (χ3v) is 1.17. The van der Waals surface area contributed by atoms with E-state index in [1.807, 2.05) is 0 Å². The fraction of sp³-hybridized carbons (Fsp3) is 0.500. The van der Waals surface area contributed by atoms with Crippen molar-refractivity contribution in [2.45, 2.75) is 0 Å². The first kappa shape index (κ1) is 5.95. The van der Waals surface area contributed by atoms with Crippen molar-refractivity contribution >= 4 is 34.2 Å². The van der Waals surface area contributed by atoms with Gasteiger partial charge in [-0.1, -0.05) is 0 Å². The van der Waals surface area contributed by atoms with Crippen molar-refractivity contribution in [1.82, 2.24) is 0 Å². The summed E-state index contributed by atoms with van der Waals surface area (Å²) in [5.41, 5.74) is 0. The van der Waals surface area contributed by atoms with Gasteiger partial charge < -0.3 is 0 Å². The van der Waals surface area contributed by atoms with Gasteiger partial charge in [-0.2, -0.15) is 0 Å². The van der Waals surface area contributed by atoms with E-state index in [-0.39, 0.29) is 10.1 Å². The molecule has 0 spiro atoms. The zero-order chi connectivity index (χ0) is 4.28. The molecule has 0 aliphatic carbocycles. The van der Waals surface area contributed by atoms with Crippen LogP contribution in [0.3, 0.4) is 0 Å². The molecule has 0 bridgehead atoms. The summed E-state index contributed by atoms with van der Waals surface area (Å²) in [7, 11) is 0. The van der Waals surface area contributed by atoms with Gasteiger partial charge in [-0.25, -0.2) is 4.39 Å². The first-order valence-corrected chi connectivity index (χ1v) is 2.61. The molecule has 1 radical (unpaired) electrons. The van der Waals surface area contributed by atoms with E-state index in [1.165, 1.54) is 22.6 Å². The van der Waals surface area contributed by atoms with Crippen molar-refractivity contribution in [3.8, 4) is 0 Å². The van der Waals surface area contributed by atoms with Gasteiger partial charge in [0.2, 0.25) is 4.18 Å². The summed E-state index contributed by atoms with van der Waals surface area (Å²) in [6.07, 6.45) is 0. The molecule has 0 N–H and O–H groups in total. The Bertz CT molecular complexity index is 23.6. The average molecular weight is 207 g/mol. The summed E-state index contributed by atoms with van der Waals surface area (Å²) in [5, 5.41) is 0. The molecule has 0 saturated heterocycles. The Morgan fingerprint density at radius 2 is 2.20 bits per heavy atom. The summed E-state index contributed by atoms with van der Waals surface area (Å²) in [5.74, 6) is 0.0144. The van der Waals surface area contributed by atoms with Crippen LogP contribution in [0.15, 0.2) is 0 Å². The second-order valence-corrected chi connectivity index (χ2v) is 1.91. The summed E-state index contributed by atoms with van der Waals surface area (Å²) in [6.45, 7) is 0. The third-order valence-electron chi connectivity index (χ3n) is 0.101. The fourth-order valence-corrected chi connectivity index (χ4v) is 0. The van der Waals surface area contributed by atoms with E-state index in [4.69, 9.17) is 11.6 Å². The zero-order valence-corrected chi connectivity index (χ0v) is 5.25. The Kier molecular flexibility index (Phi) is 3.75. The summed E-state index contributed by atoms with van der Waals surface area (Å²) >= 11 is 6.44. The number of alkyl halides is 1. The molecular weight excluding hydrogens is 205 g/mol. The van der Waals surface area contributed by atoms with Crippen LogP contribution in [0.1, 0.15) is 0 Å². The molecule has 0 amide bonds. The van der Waals surface area contributed by atoms with Crippen LogP contribution in [0.2, 0.25) is 0 Å². The third kappa shape index (κ3) is 4.95. The first-order chi connectivity index (χ1) is 2.27. The molecule has 0 aromatic carbocycles. The highest BCUT2D eigenvalue weighted by Crippen LogP contribution is 2.11. The van der Waals surface area contributed by atoms with Crippen molar-refractivity contribution in [3.63, 3.8) is 0 Å². The van der Waals surface area contributed by atoms with Crippen LogP contribution in [0.4, 0.5) is 4.39 Å². The Balaban J connectivity index is 2.54. The van der Waals surface area contributed by atoms with Gasteiger partial charge in [-0.3, -0.25) is 0 Å². The van der Waals surface area contributed by atoms with E-state index in [0.717, 1.165) is 0 Å². The van der Waals surface area contributed by atoms with Gasteiger partial charge in [-0.05, 0) is 22.6 Å². The quantitative estimate of drug-likeness (QED) is 0.456. The largest absolute Gasteiger partial charge is 0.226 e. The SMILES string of the molecule is F[C](I)CCl. The molecule has 5 heavy (non-hydrogen) atoms. The lowest BCUT2D eigenvalue weighted by Gasteiger charge is -1.79. The number of hydrogen-bond donors (Lipinski definition) is 0. The molecule has 0 aromatic rings. The lowest BCUT2D eigenvalue weighted by Crippen LogP contribution is -1.70. The number of hydrogen-bond acceptors (Lipinski definition) is 0. The van der Waals surface area contributed by atoms with Crippen LogP contribution in [0.25, 0.3) is 0 Å². The van der Waals surface area contributed by atoms with E-state index >= 15 is 0 Å². The van der Waals surface area contributed by atoms with Gasteiger partial charge in [-0.15, -0.1) is 11.6 Å². The van der Waals surface area contributed by atoms with E-state index in [2.05, 4.69) is 0 Å². The first-order valence-electron chi connectivity index (χ1n) is 0.999. The van der Waals surface area contributed by atoms with E-state index in [0.29, 0.717) is 0 Å². The summed E-state index contributed by atoms with van der Waals surface area (Å²) < 4.78 is 10.9. The molecule has 0 atom stereocenters. The average Bonchev–Trinajstić information content (AvgIpc) is 1.38. The molecular formula is C2H2ClFI. The van der Waals surface area contributed by atoms with Crippen LogP contribution in [0.5, 0.6) is 0 Å². The second-order valence-electron chi connectivity index (χ2n) is 0.472. The molecule has 0 aliphatic heterocycles. The molecule has 3 heteroatoms. The smallest absolute Gasteiger partial charge is 0.218 e. The number of rotatable bonds is 1. The summed E-state index contributed by atoms with van der Waals surface area (Å²) in [6, 6.07) is 0. The maximum atomic E-state index is 11.2. The molecule has 31 valence electrons. The lowest BCUT2D eigenvalue weighted by atomic mass is 10.9. The number of halogens is 3. The maximum absolute atomic E-state index is 11.2. The normalized spacial score (nSPS) is 9.60. The highest BCUT2D eigenvalue weighted by atomic mass is 127. The van der Waals surface area contributed by atoms with Crippen molar-refractivity contribution in [3.05, 3.63) is 4.18 Å². The van der Waals surface area contributed by atoms with E-state index in [9.17, 15) is 4.39 Å². The van der Waals surface area contributed by atoms with Crippen molar-refractivity contribution in [1.29, 1.82) is 0 Å². The van der Waals surface area contributed by atoms with Crippen molar-refractivity contribution in [2.75, 3.05) is 5.88 Å². The van der Waals surface area contributed by atoms with Crippen LogP contribution >= 0.6 is 34.2 Å². The molecule has 0 aromatic heterocycles. The molecule has 0 nitrogen and oxygen atoms in total. The Morgan fingerprint density at radius 1 is 2.00 bits per heavy atom. The van der Waals surface area contributed by atoms with Gasteiger partial charge in [0, 0.05) is 0 Å². The van der Waals surface area contributed by atoms with Gasteiger partial charge in [0.1, 0.15) is 0 Å². The molecule has 0 unspecified atom stereocenters. The predicted octanol–water partition coefficient (Wildman–Crippen LogP) is 2.12. The van der Waals surface area contributed by atoms with Gasteiger partial charge >= 0.3 is 0 Å². The van der Waals surface area contributed by atoms with Gasteiger partial charge in [0.25, 0.3) is 0 Å². The van der Waals surface area contributed by atoms with Crippen LogP contribution in [-0.2, 0) is 0 Å². The minimum absolute atomic E-state index is 0.0144. The standard InChI is InChI=1S/C2H2ClFI/c3-1-2(4)5/h1H2. The molecule has 0 fully saturated rings. The van der Waals surface area contributed by atoms with Crippen LogP contribution in [-0.4, -0.2) is 5.88 Å². The van der Waals surface area contributed by atoms with Crippen molar-refractivity contribution < 1.29 is 4.39 Å². The lowest BCUT2D eigenvalue weighted by molar-refractivity contribution is 0.618. The van der Waals surface area contributed by atoms with Crippen LogP contribution in [0, 0.1) is 4.18 Å². The molecule has 0 aliphatic rings. The second kappa shape index (κ2) is 3.15. The maximum Gasteiger partial charge on any atom is 0.218 e. The van der Waals surface area contributed by atoms with Gasteiger partial charge in [0.15, 0.2) is 0 Å². The molecule has 0 heterocycles. The Morgan fingerprint density at radius 3 is 2.20 bits per heavy atom. The monoisotopic (exact) mass is 207 g/mol.